The third kappa shape index (κ3) is 3.72. The summed E-state index contributed by atoms with van der Waals surface area (Å²) >= 11 is 0. The molecule has 1 saturated heterocycles. The zero-order valence-electron chi connectivity index (χ0n) is 12.5. The van der Waals surface area contributed by atoms with E-state index in [0.717, 1.165) is 18.8 Å². The number of nitrogens with zero attached hydrogens (tertiary/aromatic N) is 2. The predicted octanol–water partition coefficient (Wildman–Crippen LogP) is 3.25. The molecule has 3 heteroatoms. The van der Waals surface area contributed by atoms with Gasteiger partial charge in [0.2, 0.25) is 0 Å². The van der Waals surface area contributed by atoms with Crippen LogP contribution in [-0.4, -0.2) is 36.1 Å². The lowest BCUT2D eigenvalue weighted by atomic mass is 10.1. The maximum absolute atomic E-state index is 4.77. The Morgan fingerprint density at radius 1 is 1.05 bits per heavy atom. The van der Waals surface area contributed by atoms with Crippen molar-refractivity contribution >= 4 is 5.82 Å². The standard InChI is InChI=1S/C17H27N3/c1-3-12-20(13-4-1)14-5-2-8-16-10-9-15-7-6-11-18-17(15)19-16/h9-10H,1-8,11-14H2,(H,18,19). The smallest absolute Gasteiger partial charge is 0.129 e. The van der Waals surface area contributed by atoms with Crippen LogP contribution in [0.5, 0.6) is 0 Å². The van der Waals surface area contributed by atoms with Crippen LogP contribution < -0.4 is 5.32 Å². The van der Waals surface area contributed by atoms with Gasteiger partial charge in [0.05, 0.1) is 0 Å². The fourth-order valence-corrected chi connectivity index (χ4v) is 3.33. The van der Waals surface area contributed by atoms with E-state index < -0.39 is 0 Å². The molecule has 0 saturated carbocycles. The number of aromatic nitrogens is 1. The Hall–Kier alpha value is -1.09. The monoisotopic (exact) mass is 273 g/mol. The van der Waals surface area contributed by atoms with Crippen LogP contribution in [0.15, 0.2) is 12.1 Å². The number of hydrogen-bond donors (Lipinski definition) is 1. The highest BCUT2D eigenvalue weighted by Crippen LogP contribution is 2.20. The van der Waals surface area contributed by atoms with Crippen molar-refractivity contribution in [2.24, 2.45) is 0 Å². The Labute approximate surface area is 122 Å². The van der Waals surface area contributed by atoms with Crippen LogP contribution in [0.25, 0.3) is 0 Å². The van der Waals surface area contributed by atoms with Crippen molar-refractivity contribution in [1.82, 2.24) is 9.88 Å². The number of aryl methyl sites for hydroxylation is 2. The number of rotatable bonds is 5. The van der Waals surface area contributed by atoms with E-state index in [9.17, 15) is 0 Å². The average molecular weight is 273 g/mol. The number of pyridine rings is 1. The molecule has 0 unspecified atom stereocenters. The van der Waals surface area contributed by atoms with Crippen molar-refractivity contribution in [3.63, 3.8) is 0 Å². The van der Waals surface area contributed by atoms with Crippen LogP contribution in [0.3, 0.4) is 0 Å². The highest BCUT2D eigenvalue weighted by molar-refractivity contribution is 5.46. The van der Waals surface area contributed by atoms with E-state index in [0.29, 0.717) is 0 Å². The number of fused-ring (bicyclic) bond motifs is 1. The molecule has 0 radical (unpaired) electrons. The number of unbranched alkanes of at least 4 members (excludes halogenated alkanes) is 1. The summed E-state index contributed by atoms with van der Waals surface area (Å²) in [5.74, 6) is 1.14. The molecule has 2 aliphatic heterocycles. The van der Waals surface area contributed by atoms with E-state index in [1.807, 2.05) is 0 Å². The van der Waals surface area contributed by atoms with Crippen molar-refractivity contribution in [1.29, 1.82) is 0 Å². The van der Waals surface area contributed by atoms with Crippen molar-refractivity contribution < 1.29 is 0 Å². The Morgan fingerprint density at radius 3 is 2.85 bits per heavy atom. The van der Waals surface area contributed by atoms with E-state index >= 15 is 0 Å². The predicted molar refractivity (Wildman–Crippen MR) is 84.3 cm³/mol. The third-order valence-corrected chi connectivity index (χ3v) is 4.56. The molecule has 3 rings (SSSR count). The summed E-state index contributed by atoms with van der Waals surface area (Å²) in [6.45, 7) is 5.00. The van der Waals surface area contributed by atoms with Gasteiger partial charge in [-0.1, -0.05) is 12.5 Å². The summed E-state index contributed by atoms with van der Waals surface area (Å²) in [5, 5.41) is 3.43. The molecule has 1 fully saturated rings. The molecule has 2 aliphatic rings. The maximum atomic E-state index is 4.77. The second kappa shape index (κ2) is 7.07. The quantitative estimate of drug-likeness (QED) is 0.835. The SMILES string of the molecule is c1cc2c(nc1CCCCN1CCCCC1)NCCC2. The molecule has 0 aromatic carbocycles. The van der Waals surface area contributed by atoms with Crippen LogP contribution in [-0.2, 0) is 12.8 Å². The molecule has 1 aromatic heterocycles. The molecule has 0 amide bonds. The zero-order chi connectivity index (χ0) is 13.6. The molecular formula is C17H27N3. The second-order valence-corrected chi connectivity index (χ2v) is 6.20. The summed E-state index contributed by atoms with van der Waals surface area (Å²) < 4.78 is 0. The number of hydrogen-bond acceptors (Lipinski definition) is 3. The molecule has 20 heavy (non-hydrogen) atoms. The largest absolute Gasteiger partial charge is 0.370 e. The molecule has 110 valence electrons. The van der Waals surface area contributed by atoms with Gasteiger partial charge in [-0.15, -0.1) is 0 Å². The molecular weight excluding hydrogens is 246 g/mol. The van der Waals surface area contributed by atoms with E-state index in [2.05, 4.69) is 22.3 Å². The molecule has 3 nitrogen and oxygen atoms in total. The van der Waals surface area contributed by atoms with Gasteiger partial charge in [0.15, 0.2) is 0 Å². The minimum atomic E-state index is 1.08. The Bertz CT molecular complexity index is 424. The molecule has 0 atom stereocenters. The van der Waals surface area contributed by atoms with Gasteiger partial charge >= 0.3 is 0 Å². The van der Waals surface area contributed by atoms with E-state index in [1.54, 1.807) is 0 Å². The minimum Gasteiger partial charge on any atom is -0.370 e. The summed E-state index contributed by atoms with van der Waals surface area (Å²) in [6, 6.07) is 4.50. The van der Waals surface area contributed by atoms with Crippen molar-refractivity contribution in [2.45, 2.75) is 51.4 Å². The maximum Gasteiger partial charge on any atom is 0.129 e. The van der Waals surface area contributed by atoms with Gasteiger partial charge in [0.25, 0.3) is 0 Å². The molecule has 1 N–H and O–H groups in total. The zero-order valence-corrected chi connectivity index (χ0v) is 12.5. The summed E-state index contributed by atoms with van der Waals surface area (Å²) in [5.41, 5.74) is 2.66. The fraction of sp³-hybridized carbons (Fsp3) is 0.706. The number of nitrogens with one attached hydrogen (secondary N) is 1. The first-order valence-electron chi connectivity index (χ1n) is 8.37. The van der Waals surface area contributed by atoms with Crippen molar-refractivity contribution in [2.75, 3.05) is 31.5 Å². The third-order valence-electron chi connectivity index (χ3n) is 4.56. The normalized spacial score (nSPS) is 19.4. The summed E-state index contributed by atoms with van der Waals surface area (Å²) in [4.78, 5) is 7.40. The highest BCUT2D eigenvalue weighted by atomic mass is 15.1. The number of likely N-dealkylation sites (tertiary alicyclic amines) is 1. The van der Waals surface area contributed by atoms with E-state index in [4.69, 9.17) is 4.98 Å². The fourth-order valence-electron chi connectivity index (χ4n) is 3.33. The summed E-state index contributed by atoms with van der Waals surface area (Å²) in [6.07, 6.45) is 10.4. The van der Waals surface area contributed by atoms with Crippen molar-refractivity contribution in [3.8, 4) is 0 Å². The molecule has 3 heterocycles. The van der Waals surface area contributed by atoms with Gasteiger partial charge in [0.1, 0.15) is 5.82 Å². The minimum absolute atomic E-state index is 1.08. The van der Waals surface area contributed by atoms with Crippen LogP contribution in [0.4, 0.5) is 5.82 Å². The van der Waals surface area contributed by atoms with Gasteiger partial charge in [-0.05, 0) is 76.2 Å². The van der Waals surface area contributed by atoms with Crippen molar-refractivity contribution in [3.05, 3.63) is 23.4 Å². The average Bonchev–Trinajstić information content (AvgIpc) is 2.52. The topological polar surface area (TPSA) is 28.2 Å². The summed E-state index contributed by atoms with van der Waals surface area (Å²) in [7, 11) is 0. The lowest BCUT2D eigenvalue weighted by molar-refractivity contribution is 0.225. The van der Waals surface area contributed by atoms with Gasteiger partial charge in [-0.3, -0.25) is 0 Å². The second-order valence-electron chi connectivity index (χ2n) is 6.20. The molecule has 0 aliphatic carbocycles. The number of piperidine rings is 1. The Morgan fingerprint density at radius 2 is 1.95 bits per heavy atom. The highest BCUT2D eigenvalue weighted by Gasteiger charge is 2.11. The molecule has 0 bridgehead atoms. The lowest BCUT2D eigenvalue weighted by Gasteiger charge is -2.26. The molecule has 0 spiro atoms. The Kier molecular flexibility index (Phi) is 4.91. The molecule has 1 aromatic rings. The van der Waals surface area contributed by atoms with Crippen LogP contribution >= 0.6 is 0 Å². The van der Waals surface area contributed by atoms with E-state index in [1.165, 1.54) is 75.8 Å². The van der Waals surface area contributed by atoms with Gasteiger partial charge < -0.3 is 10.2 Å². The first-order chi connectivity index (χ1) is 9.92. The van der Waals surface area contributed by atoms with Crippen LogP contribution in [0, 0.1) is 0 Å². The first-order valence-corrected chi connectivity index (χ1v) is 8.37. The van der Waals surface area contributed by atoms with Crippen LogP contribution in [0.1, 0.15) is 49.8 Å². The van der Waals surface area contributed by atoms with Gasteiger partial charge in [-0.25, -0.2) is 4.98 Å². The first kappa shape index (κ1) is 13.9. The number of anilines is 1. The lowest BCUT2D eigenvalue weighted by Crippen LogP contribution is -2.30. The van der Waals surface area contributed by atoms with Gasteiger partial charge in [-0.2, -0.15) is 0 Å². The van der Waals surface area contributed by atoms with Crippen LogP contribution in [0.2, 0.25) is 0 Å². The van der Waals surface area contributed by atoms with Gasteiger partial charge in [0, 0.05) is 12.2 Å². The Balaban J connectivity index is 1.41. The van der Waals surface area contributed by atoms with E-state index in [-0.39, 0.29) is 0 Å².